The molecule has 2 saturated heterocycles. The maximum atomic E-state index is 4.09. The van der Waals surface area contributed by atoms with Crippen molar-refractivity contribution >= 4 is 5.69 Å². The molecular weight excluding hydrogens is 236 g/mol. The van der Waals surface area contributed by atoms with Gasteiger partial charge in [0.2, 0.25) is 0 Å². The van der Waals surface area contributed by atoms with Crippen LogP contribution in [-0.2, 0) is 0 Å². The van der Waals surface area contributed by atoms with Gasteiger partial charge >= 0.3 is 0 Å². The molecule has 0 amide bonds. The highest BCUT2D eigenvalue weighted by molar-refractivity contribution is 5.44. The SMILES string of the molecule is c1cc(N2CCC(CN3CCNCC3)CC2)ccn1. The Morgan fingerprint density at radius 1 is 1.05 bits per heavy atom. The summed E-state index contributed by atoms with van der Waals surface area (Å²) in [5.41, 5.74) is 1.33. The number of anilines is 1. The minimum absolute atomic E-state index is 0.885. The van der Waals surface area contributed by atoms with Crippen LogP contribution < -0.4 is 10.2 Å². The summed E-state index contributed by atoms with van der Waals surface area (Å²) >= 11 is 0. The molecule has 1 N–H and O–H groups in total. The Bertz CT molecular complexity index is 367. The molecule has 0 spiro atoms. The van der Waals surface area contributed by atoms with Gasteiger partial charge in [0.25, 0.3) is 0 Å². The van der Waals surface area contributed by atoms with Crippen molar-refractivity contribution in [3.05, 3.63) is 24.5 Å². The first-order valence-electron chi connectivity index (χ1n) is 7.50. The van der Waals surface area contributed by atoms with Crippen LogP contribution in [0, 0.1) is 5.92 Å². The van der Waals surface area contributed by atoms with E-state index in [4.69, 9.17) is 0 Å². The molecule has 0 unspecified atom stereocenters. The van der Waals surface area contributed by atoms with E-state index in [2.05, 4.69) is 32.2 Å². The highest BCUT2D eigenvalue weighted by Gasteiger charge is 2.22. The van der Waals surface area contributed by atoms with Gasteiger partial charge in [-0.1, -0.05) is 0 Å². The summed E-state index contributed by atoms with van der Waals surface area (Å²) in [4.78, 5) is 9.22. The average Bonchev–Trinajstić information content (AvgIpc) is 2.50. The highest BCUT2D eigenvalue weighted by Crippen LogP contribution is 2.23. The predicted molar refractivity (Wildman–Crippen MR) is 78.5 cm³/mol. The Balaban J connectivity index is 1.46. The summed E-state index contributed by atoms with van der Waals surface area (Å²) < 4.78 is 0. The van der Waals surface area contributed by atoms with Crippen LogP contribution in [0.25, 0.3) is 0 Å². The quantitative estimate of drug-likeness (QED) is 0.885. The molecule has 3 heterocycles. The fourth-order valence-electron chi connectivity index (χ4n) is 3.19. The van der Waals surface area contributed by atoms with E-state index in [0.29, 0.717) is 0 Å². The summed E-state index contributed by atoms with van der Waals surface area (Å²) in [6.07, 6.45) is 6.43. The van der Waals surface area contributed by atoms with E-state index < -0.39 is 0 Å². The molecule has 0 aromatic carbocycles. The van der Waals surface area contributed by atoms with Gasteiger partial charge in [0.15, 0.2) is 0 Å². The van der Waals surface area contributed by atoms with Crippen LogP contribution in [0.15, 0.2) is 24.5 Å². The molecule has 104 valence electrons. The number of hydrogen-bond donors (Lipinski definition) is 1. The standard InChI is InChI=1S/C15H24N4/c1-5-16-6-2-15(1)19-9-3-14(4-10-19)13-18-11-7-17-8-12-18/h1-2,5-6,14,17H,3-4,7-13H2. The van der Waals surface area contributed by atoms with Crippen molar-refractivity contribution in [2.75, 3.05) is 50.7 Å². The molecule has 2 aliphatic rings. The Labute approximate surface area is 115 Å². The third kappa shape index (κ3) is 3.45. The van der Waals surface area contributed by atoms with Crippen molar-refractivity contribution in [2.45, 2.75) is 12.8 Å². The topological polar surface area (TPSA) is 31.4 Å². The molecule has 19 heavy (non-hydrogen) atoms. The van der Waals surface area contributed by atoms with E-state index in [9.17, 15) is 0 Å². The lowest BCUT2D eigenvalue weighted by Gasteiger charge is -2.37. The monoisotopic (exact) mass is 260 g/mol. The van der Waals surface area contributed by atoms with Gasteiger partial charge in [-0.3, -0.25) is 4.98 Å². The molecule has 4 heteroatoms. The molecule has 1 aromatic heterocycles. The van der Waals surface area contributed by atoms with Crippen LogP contribution in [0.3, 0.4) is 0 Å². The fourth-order valence-corrected chi connectivity index (χ4v) is 3.19. The summed E-state index contributed by atoms with van der Waals surface area (Å²) in [6, 6.07) is 4.24. The molecule has 2 aliphatic heterocycles. The van der Waals surface area contributed by atoms with Crippen LogP contribution in [0.5, 0.6) is 0 Å². The summed E-state index contributed by atoms with van der Waals surface area (Å²) in [5.74, 6) is 0.885. The number of nitrogens with one attached hydrogen (secondary N) is 1. The Kier molecular flexibility index (Phi) is 4.30. The maximum Gasteiger partial charge on any atom is 0.0397 e. The second-order valence-electron chi connectivity index (χ2n) is 5.69. The van der Waals surface area contributed by atoms with Crippen LogP contribution >= 0.6 is 0 Å². The van der Waals surface area contributed by atoms with Gasteiger partial charge in [-0.2, -0.15) is 0 Å². The molecule has 0 aliphatic carbocycles. The van der Waals surface area contributed by atoms with Crippen LogP contribution in [-0.4, -0.2) is 55.7 Å². The molecule has 1 aromatic rings. The van der Waals surface area contributed by atoms with Gasteiger partial charge < -0.3 is 15.1 Å². The molecule has 0 atom stereocenters. The van der Waals surface area contributed by atoms with E-state index in [1.807, 2.05) is 12.4 Å². The first kappa shape index (κ1) is 12.9. The minimum atomic E-state index is 0.885. The van der Waals surface area contributed by atoms with Gasteiger partial charge in [0.05, 0.1) is 0 Å². The van der Waals surface area contributed by atoms with Crippen molar-refractivity contribution < 1.29 is 0 Å². The number of pyridine rings is 1. The van der Waals surface area contributed by atoms with Gasteiger partial charge in [0.1, 0.15) is 0 Å². The third-order valence-electron chi connectivity index (χ3n) is 4.37. The van der Waals surface area contributed by atoms with E-state index >= 15 is 0 Å². The Morgan fingerprint density at radius 3 is 2.42 bits per heavy atom. The van der Waals surface area contributed by atoms with Crippen LogP contribution in [0.2, 0.25) is 0 Å². The number of piperazine rings is 1. The summed E-state index contributed by atoms with van der Waals surface area (Å²) in [6.45, 7) is 8.47. The summed E-state index contributed by atoms with van der Waals surface area (Å²) in [7, 11) is 0. The molecular formula is C15H24N4. The van der Waals surface area contributed by atoms with Gasteiger partial charge in [-0.05, 0) is 30.9 Å². The van der Waals surface area contributed by atoms with Crippen molar-refractivity contribution in [2.24, 2.45) is 5.92 Å². The lowest BCUT2D eigenvalue weighted by atomic mass is 9.95. The van der Waals surface area contributed by atoms with Gasteiger partial charge in [-0.25, -0.2) is 0 Å². The smallest absolute Gasteiger partial charge is 0.0397 e. The van der Waals surface area contributed by atoms with Gasteiger partial charge in [-0.15, -0.1) is 0 Å². The zero-order chi connectivity index (χ0) is 12.9. The number of nitrogens with zero attached hydrogens (tertiary/aromatic N) is 3. The molecule has 0 bridgehead atoms. The normalized spacial score (nSPS) is 22.6. The molecule has 2 fully saturated rings. The second kappa shape index (κ2) is 6.35. The zero-order valence-electron chi connectivity index (χ0n) is 11.6. The summed E-state index contributed by atoms with van der Waals surface area (Å²) in [5, 5.41) is 3.42. The number of hydrogen-bond acceptors (Lipinski definition) is 4. The fraction of sp³-hybridized carbons (Fsp3) is 0.667. The van der Waals surface area contributed by atoms with Crippen LogP contribution in [0.1, 0.15) is 12.8 Å². The molecule has 4 nitrogen and oxygen atoms in total. The molecule has 0 radical (unpaired) electrons. The first-order valence-corrected chi connectivity index (χ1v) is 7.50. The van der Waals surface area contributed by atoms with E-state index in [1.165, 1.54) is 51.3 Å². The lowest BCUT2D eigenvalue weighted by Crippen LogP contribution is -2.46. The predicted octanol–water partition coefficient (Wildman–Crippen LogP) is 1.20. The largest absolute Gasteiger partial charge is 0.371 e. The second-order valence-corrected chi connectivity index (χ2v) is 5.69. The number of aromatic nitrogens is 1. The number of rotatable bonds is 3. The molecule has 3 rings (SSSR count). The third-order valence-corrected chi connectivity index (χ3v) is 4.37. The van der Waals surface area contributed by atoms with Crippen molar-refractivity contribution in [1.29, 1.82) is 0 Å². The van der Waals surface area contributed by atoms with Crippen LogP contribution in [0.4, 0.5) is 5.69 Å². The zero-order valence-corrected chi connectivity index (χ0v) is 11.6. The first-order chi connectivity index (χ1) is 9.42. The lowest BCUT2D eigenvalue weighted by molar-refractivity contribution is 0.190. The minimum Gasteiger partial charge on any atom is -0.371 e. The van der Waals surface area contributed by atoms with E-state index in [-0.39, 0.29) is 0 Å². The van der Waals surface area contributed by atoms with Crippen molar-refractivity contribution in [3.8, 4) is 0 Å². The highest BCUT2D eigenvalue weighted by atomic mass is 15.2. The van der Waals surface area contributed by atoms with E-state index in [1.54, 1.807) is 0 Å². The average molecular weight is 260 g/mol. The molecule has 0 saturated carbocycles. The van der Waals surface area contributed by atoms with E-state index in [0.717, 1.165) is 19.0 Å². The van der Waals surface area contributed by atoms with Crippen molar-refractivity contribution in [3.63, 3.8) is 0 Å². The Morgan fingerprint density at radius 2 is 1.74 bits per heavy atom. The number of piperidine rings is 1. The van der Waals surface area contributed by atoms with Gasteiger partial charge in [0, 0.05) is 63.9 Å². The van der Waals surface area contributed by atoms with Crippen molar-refractivity contribution in [1.82, 2.24) is 15.2 Å². The maximum absolute atomic E-state index is 4.09. The Hall–Kier alpha value is -1.13.